The van der Waals surface area contributed by atoms with E-state index >= 15 is 0 Å². The molecule has 0 aliphatic carbocycles. The molecule has 186 valence electrons. The van der Waals surface area contributed by atoms with Crippen LogP contribution in [0.5, 0.6) is 0 Å². The van der Waals surface area contributed by atoms with Crippen molar-refractivity contribution < 1.29 is 43.3 Å². The van der Waals surface area contributed by atoms with Crippen LogP contribution in [0.3, 0.4) is 0 Å². The summed E-state index contributed by atoms with van der Waals surface area (Å²) in [5.74, 6) is -0.404. The Kier molecular flexibility index (Phi) is 7.57. The fourth-order valence-corrected chi connectivity index (χ4v) is 8.17. The fourth-order valence-electron chi connectivity index (χ4n) is 4.08. The van der Waals surface area contributed by atoms with E-state index in [0.717, 1.165) is 16.8 Å². The first-order valence-corrected chi connectivity index (χ1v) is 14.7. The van der Waals surface area contributed by atoms with Crippen LogP contribution in [-0.4, -0.2) is 47.8 Å². The van der Waals surface area contributed by atoms with Gasteiger partial charge in [-0.25, -0.2) is 0 Å². The van der Waals surface area contributed by atoms with Crippen molar-refractivity contribution in [3.05, 3.63) is 70.0 Å². The molecule has 1 amide bonds. The van der Waals surface area contributed by atoms with Gasteiger partial charge in [0, 0.05) is 0 Å². The number of benzene rings is 2. The standard InChI is InChI=1S/C24H27ClIN4O4P/c1-15-10-16(2)12-19(11-15)35(32,34-5)23-20-13-17(25)6-7-21(20)29-22(23)24(31)27-14-18-8-9-28-26-30(18,3)33-4/h6-13,29H,14H2,1-5H3,(H,27,31). The molecule has 11 heteroatoms. The SMILES string of the molecule is CO[N+]1(C)[I-]N=CC=C1CNC(=O)c1[nH]c2ccc(Cl)cc2c1P(=O)(OC)c1cc(C)cc(C)c1. The molecular weight excluding hydrogens is 602 g/mol. The van der Waals surface area contributed by atoms with Gasteiger partial charge in [-0.15, -0.1) is 0 Å². The normalized spacial score (nSPS) is 19.7. The second-order valence-corrected chi connectivity index (χ2v) is 14.0. The Labute approximate surface area is 220 Å². The zero-order chi connectivity index (χ0) is 25.4. The van der Waals surface area contributed by atoms with Gasteiger partial charge in [0.25, 0.3) is 0 Å². The van der Waals surface area contributed by atoms with Crippen molar-refractivity contribution in [3.63, 3.8) is 0 Å². The van der Waals surface area contributed by atoms with Gasteiger partial charge in [0.1, 0.15) is 0 Å². The number of allylic oxidation sites excluding steroid dienone is 1. The number of H-pyrrole nitrogens is 1. The molecule has 2 heterocycles. The molecule has 0 saturated carbocycles. The zero-order valence-corrected chi connectivity index (χ0v) is 23.9. The summed E-state index contributed by atoms with van der Waals surface area (Å²) in [6, 6.07) is 10.9. The molecule has 0 saturated heterocycles. The van der Waals surface area contributed by atoms with Gasteiger partial charge in [0.2, 0.25) is 0 Å². The number of amides is 1. The number of nitrogens with one attached hydrogen (secondary N) is 2. The van der Waals surface area contributed by atoms with Crippen LogP contribution in [0, 0.1) is 13.8 Å². The van der Waals surface area contributed by atoms with Gasteiger partial charge in [-0.05, 0) is 0 Å². The molecule has 0 spiro atoms. The Morgan fingerprint density at radius 3 is 2.57 bits per heavy atom. The van der Waals surface area contributed by atoms with Crippen LogP contribution in [0.15, 0.2) is 51.4 Å². The summed E-state index contributed by atoms with van der Waals surface area (Å²) in [6.07, 6.45) is 3.58. The van der Waals surface area contributed by atoms with Crippen LogP contribution in [0.2, 0.25) is 5.02 Å². The molecule has 2 aromatic carbocycles. The van der Waals surface area contributed by atoms with E-state index in [1.54, 1.807) is 31.5 Å². The molecule has 1 aliphatic heterocycles. The van der Waals surface area contributed by atoms with Crippen LogP contribution in [0.25, 0.3) is 10.9 Å². The van der Waals surface area contributed by atoms with E-state index in [-0.39, 0.29) is 15.1 Å². The van der Waals surface area contributed by atoms with E-state index in [4.69, 9.17) is 21.0 Å². The van der Waals surface area contributed by atoms with Gasteiger partial charge in [-0.2, -0.15) is 0 Å². The van der Waals surface area contributed by atoms with Gasteiger partial charge in [-0.1, -0.05) is 0 Å². The van der Waals surface area contributed by atoms with E-state index in [1.807, 2.05) is 45.2 Å². The second-order valence-electron chi connectivity index (χ2n) is 8.28. The van der Waals surface area contributed by atoms with Gasteiger partial charge in [0.05, 0.1) is 0 Å². The minimum atomic E-state index is -3.66. The molecule has 4 rings (SSSR count). The Hall–Kier alpha value is -2.01. The Bertz CT molecular complexity index is 1400. The van der Waals surface area contributed by atoms with Gasteiger partial charge < -0.3 is 0 Å². The summed E-state index contributed by atoms with van der Waals surface area (Å²) in [5, 5.41) is 4.83. The zero-order valence-electron chi connectivity index (χ0n) is 20.1. The van der Waals surface area contributed by atoms with Crippen LogP contribution in [0.1, 0.15) is 21.6 Å². The van der Waals surface area contributed by atoms with E-state index in [1.165, 1.54) is 7.11 Å². The van der Waals surface area contributed by atoms with Crippen molar-refractivity contribution in [2.24, 2.45) is 3.21 Å². The number of quaternary nitrogens is 1. The third kappa shape index (κ3) is 4.98. The summed E-state index contributed by atoms with van der Waals surface area (Å²) in [7, 11) is 1.27. The average molecular weight is 629 g/mol. The second kappa shape index (κ2) is 10.2. The minimum absolute atomic E-state index is 0.179. The Morgan fingerprint density at radius 2 is 1.91 bits per heavy atom. The molecule has 0 fully saturated rings. The molecule has 1 aromatic heterocycles. The number of carbonyl (C=O) groups is 1. The van der Waals surface area contributed by atoms with Crippen molar-refractivity contribution in [3.8, 4) is 0 Å². The third-order valence-electron chi connectivity index (χ3n) is 5.86. The number of fused-ring (bicyclic) bond motifs is 1. The number of aromatic amines is 1. The molecule has 35 heavy (non-hydrogen) atoms. The van der Waals surface area contributed by atoms with Crippen molar-refractivity contribution in [1.82, 2.24) is 10.3 Å². The van der Waals surface area contributed by atoms with E-state index in [9.17, 15) is 9.36 Å². The number of halogens is 2. The van der Waals surface area contributed by atoms with Crippen LogP contribution in [-0.2, 0) is 13.9 Å². The number of nitrogens with zero attached hydrogens (tertiary/aromatic N) is 2. The Balaban J connectivity index is 1.82. The van der Waals surface area contributed by atoms with E-state index in [2.05, 4.69) is 13.5 Å². The van der Waals surface area contributed by atoms with Crippen molar-refractivity contribution in [1.29, 1.82) is 0 Å². The third-order valence-corrected chi connectivity index (χ3v) is 11.0. The molecule has 8 nitrogen and oxygen atoms in total. The maximum absolute atomic E-state index is 14.5. The quantitative estimate of drug-likeness (QED) is 0.232. The number of carbonyl (C=O) groups excluding carboxylic acids is 1. The Morgan fingerprint density at radius 1 is 1.20 bits per heavy atom. The predicted octanol–water partition coefficient (Wildman–Crippen LogP) is 0.939. The molecule has 2 N–H and O–H groups in total. The first-order chi connectivity index (χ1) is 16.6. The van der Waals surface area contributed by atoms with Crippen molar-refractivity contribution in [2.75, 3.05) is 27.8 Å². The van der Waals surface area contributed by atoms with Gasteiger partial charge >= 0.3 is 221 Å². The maximum atomic E-state index is 14.5. The summed E-state index contributed by atoms with van der Waals surface area (Å²) >= 11 is 5.63. The number of hydroxylamine groups is 2. The number of hydrogen-bond acceptors (Lipinski definition) is 5. The van der Waals surface area contributed by atoms with Crippen molar-refractivity contribution >= 4 is 52.6 Å². The van der Waals surface area contributed by atoms with E-state index in [0.29, 0.717) is 26.5 Å². The first-order valence-electron chi connectivity index (χ1n) is 10.8. The molecule has 2 unspecified atom stereocenters. The number of likely N-dealkylation sites (N-methyl/N-ethyl adjacent to an activating group) is 1. The molecule has 1 aliphatic rings. The van der Waals surface area contributed by atoms with Crippen LogP contribution < -0.4 is 37.7 Å². The van der Waals surface area contributed by atoms with Gasteiger partial charge in [-0.3, -0.25) is 0 Å². The number of aryl methyl sites for hydroxylation is 2. The van der Waals surface area contributed by atoms with Crippen molar-refractivity contribution in [2.45, 2.75) is 13.8 Å². The van der Waals surface area contributed by atoms with Gasteiger partial charge in [0.15, 0.2) is 0 Å². The fraction of sp³-hybridized carbons (Fsp3) is 0.250. The summed E-state index contributed by atoms with van der Waals surface area (Å²) in [5.41, 5.74) is 3.59. The van der Waals surface area contributed by atoms with Crippen LogP contribution >= 0.6 is 19.0 Å². The summed E-state index contributed by atoms with van der Waals surface area (Å²) < 4.78 is 24.8. The predicted molar refractivity (Wildman–Crippen MR) is 135 cm³/mol. The van der Waals surface area contributed by atoms with Crippen LogP contribution in [0.4, 0.5) is 0 Å². The average Bonchev–Trinajstić information content (AvgIpc) is 3.21. The molecule has 2 atom stereocenters. The molecular formula is C24H27ClIN4O4P. The molecule has 0 bridgehead atoms. The topological polar surface area (TPSA) is 92.8 Å². The summed E-state index contributed by atoms with van der Waals surface area (Å²) in [6.45, 7) is 4.11. The number of aromatic nitrogens is 1. The molecule has 3 aromatic rings. The van der Waals surface area contributed by atoms with E-state index < -0.39 is 35.0 Å². The number of rotatable bonds is 7. The number of hydrogen-bond donors (Lipinski definition) is 2. The first kappa shape index (κ1) is 26.1. The molecule has 0 radical (unpaired) electrons. The summed E-state index contributed by atoms with van der Waals surface area (Å²) in [4.78, 5) is 22.3. The monoisotopic (exact) mass is 628 g/mol.